The maximum atomic E-state index is 10.8. The third-order valence-corrected chi connectivity index (χ3v) is 3.69. The number of nitrogens with one attached hydrogen (secondary N) is 1. The van der Waals surface area contributed by atoms with Crippen molar-refractivity contribution in [3.63, 3.8) is 0 Å². The number of rotatable bonds is 6. The van der Waals surface area contributed by atoms with Crippen LogP contribution in [0.2, 0.25) is 0 Å². The van der Waals surface area contributed by atoms with Gasteiger partial charge < -0.3 is 5.32 Å². The molecule has 110 valence electrons. The maximum absolute atomic E-state index is 10.8. The smallest absolute Gasteiger partial charge is 0.271 e. The molecule has 0 heterocycles. The number of nitro benzene ring substituents is 1. The fourth-order valence-electron chi connectivity index (χ4n) is 2.29. The third kappa shape index (κ3) is 4.05. The Morgan fingerprint density at radius 3 is 2.57 bits per heavy atom. The largest absolute Gasteiger partial charge is 0.385 e. The number of nitro groups is 1. The Hall–Kier alpha value is -2.36. The molecule has 21 heavy (non-hydrogen) atoms. The van der Waals surface area contributed by atoms with Crippen LogP contribution in [0.1, 0.15) is 30.4 Å². The highest BCUT2D eigenvalue weighted by molar-refractivity contribution is 5.56. The highest BCUT2D eigenvalue weighted by Crippen LogP contribution is 2.23. The zero-order valence-electron chi connectivity index (χ0n) is 12.4. The van der Waals surface area contributed by atoms with Crippen molar-refractivity contribution in [1.82, 2.24) is 0 Å². The number of hydrogen-bond donors (Lipinski definition) is 1. The average Bonchev–Trinajstić information content (AvgIpc) is 2.49. The Labute approximate surface area is 125 Å². The van der Waals surface area contributed by atoms with Crippen molar-refractivity contribution in [2.45, 2.75) is 26.2 Å². The minimum Gasteiger partial charge on any atom is -0.385 e. The molecule has 1 N–H and O–H groups in total. The molecule has 2 rings (SSSR count). The Morgan fingerprint density at radius 1 is 1.19 bits per heavy atom. The van der Waals surface area contributed by atoms with Gasteiger partial charge in [0.25, 0.3) is 5.69 Å². The number of nitrogens with zero attached hydrogens (tertiary/aromatic N) is 1. The summed E-state index contributed by atoms with van der Waals surface area (Å²) < 4.78 is 0. The Balaban J connectivity index is 1.94. The van der Waals surface area contributed by atoms with E-state index >= 15 is 0 Å². The normalized spacial score (nSPS) is 11.9. The molecule has 0 bridgehead atoms. The fraction of sp³-hybridized carbons (Fsp3) is 0.294. The average molecular weight is 284 g/mol. The van der Waals surface area contributed by atoms with Gasteiger partial charge in [0.1, 0.15) is 0 Å². The number of benzene rings is 2. The van der Waals surface area contributed by atoms with Crippen LogP contribution in [0.5, 0.6) is 0 Å². The molecular formula is C17H20N2O2. The summed E-state index contributed by atoms with van der Waals surface area (Å²) in [5.74, 6) is 0.456. The van der Waals surface area contributed by atoms with Crippen LogP contribution in [0.15, 0.2) is 48.5 Å². The lowest BCUT2D eigenvalue weighted by Crippen LogP contribution is -2.07. The first-order chi connectivity index (χ1) is 10.1. The first kappa shape index (κ1) is 15.0. The first-order valence-electron chi connectivity index (χ1n) is 7.12. The molecule has 0 amide bonds. The minimum absolute atomic E-state index is 0.124. The molecule has 1 atom stereocenters. The molecule has 1 unspecified atom stereocenters. The lowest BCUT2D eigenvalue weighted by atomic mass is 9.98. The van der Waals surface area contributed by atoms with Crippen molar-refractivity contribution in [2.75, 3.05) is 11.9 Å². The van der Waals surface area contributed by atoms with Crippen LogP contribution < -0.4 is 5.32 Å². The Kier molecular flexibility index (Phi) is 4.93. The summed E-state index contributed by atoms with van der Waals surface area (Å²) in [4.78, 5) is 10.4. The SMILES string of the molecule is Cc1ccc([N+](=O)[O-])cc1NCCC(C)c1ccccc1. The molecule has 0 fully saturated rings. The second kappa shape index (κ2) is 6.88. The van der Waals surface area contributed by atoms with Gasteiger partial charge in [-0.2, -0.15) is 0 Å². The molecule has 0 aromatic heterocycles. The molecule has 0 aliphatic heterocycles. The van der Waals surface area contributed by atoms with Crippen LogP contribution in [0.3, 0.4) is 0 Å². The van der Waals surface area contributed by atoms with E-state index in [0.717, 1.165) is 24.2 Å². The van der Waals surface area contributed by atoms with Gasteiger partial charge in [-0.15, -0.1) is 0 Å². The first-order valence-corrected chi connectivity index (χ1v) is 7.12. The molecule has 0 saturated carbocycles. The highest BCUT2D eigenvalue weighted by atomic mass is 16.6. The number of non-ortho nitro benzene ring substituents is 1. The topological polar surface area (TPSA) is 55.2 Å². The van der Waals surface area contributed by atoms with Crippen LogP contribution in [0, 0.1) is 17.0 Å². The summed E-state index contributed by atoms with van der Waals surface area (Å²) in [6, 6.07) is 15.3. The number of anilines is 1. The molecular weight excluding hydrogens is 264 g/mol. The van der Waals surface area contributed by atoms with E-state index in [1.54, 1.807) is 12.1 Å². The van der Waals surface area contributed by atoms with Crippen molar-refractivity contribution in [3.8, 4) is 0 Å². The van der Waals surface area contributed by atoms with Crippen molar-refractivity contribution in [2.24, 2.45) is 0 Å². The predicted octanol–water partition coefficient (Wildman–Crippen LogP) is 4.51. The molecule has 0 spiro atoms. The van der Waals surface area contributed by atoms with E-state index in [1.165, 1.54) is 11.6 Å². The molecule has 4 nitrogen and oxygen atoms in total. The van der Waals surface area contributed by atoms with Crippen molar-refractivity contribution >= 4 is 11.4 Å². The standard InChI is InChI=1S/C17H20N2O2/c1-13(15-6-4-3-5-7-15)10-11-18-17-12-16(19(20)21)9-8-14(17)2/h3-9,12-13,18H,10-11H2,1-2H3. The van der Waals surface area contributed by atoms with Gasteiger partial charge in [-0.3, -0.25) is 10.1 Å². The lowest BCUT2D eigenvalue weighted by molar-refractivity contribution is -0.384. The summed E-state index contributed by atoms with van der Waals surface area (Å²) in [5.41, 5.74) is 3.30. The molecule has 2 aromatic rings. The predicted molar refractivity (Wildman–Crippen MR) is 85.8 cm³/mol. The fourth-order valence-corrected chi connectivity index (χ4v) is 2.29. The highest BCUT2D eigenvalue weighted by Gasteiger charge is 2.09. The van der Waals surface area contributed by atoms with Crippen molar-refractivity contribution < 1.29 is 4.92 Å². The van der Waals surface area contributed by atoms with E-state index in [-0.39, 0.29) is 10.6 Å². The molecule has 0 radical (unpaired) electrons. The maximum Gasteiger partial charge on any atom is 0.271 e. The monoisotopic (exact) mass is 284 g/mol. The van der Waals surface area contributed by atoms with Gasteiger partial charge in [-0.1, -0.05) is 43.3 Å². The third-order valence-electron chi connectivity index (χ3n) is 3.69. The number of aryl methyl sites for hydroxylation is 1. The van der Waals surface area contributed by atoms with Gasteiger partial charge in [0.2, 0.25) is 0 Å². The van der Waals surface area contributed by atoms with E-state index < -0.39 is 0 Å². The van der Waals surface area contributed by atoms with E-state index in [1.807, 2.05) is 25.1 Å². The summed E-state index contributed by atoms with van der Waals surface area (Å²) in [6.45, 7) is 4.93. The van der Waals surface area contributed by atoms with Crippen molar-refractivity contribution in [3.05, 3.63) is 69.8 Å². The number of hydrogen-bond acceptors (Lipinski definition) is 3. The van der Waals surface area contributed by atoms with Gasteiger partial charge in [0, 0.05) is 24.4 Å². The van der Waals surface area contributed by atoms with Crippen LogP contribution in [-0.2, 0) is 0 Å². The molecule has 2 aromatic carbocycles. The van der Waals surface area contributed by atoms with Gasteiger partial charge in [0.05, 0.1) is 4.92 Å². The minimum atomic E-state index is -0.364. The van der Waals surface area contributed by atoms with E-state index in [9.17, 15) is 10.1 Å². The summed E-state index contributed by atoms with van der Waals surface area (Å²) in [6.07, 6.45) is 0.978. The second-order valence-corrected chi connectivity index (χ2v) is 5.28. The van der Waals surface area contributed by atoms with Crippen LogP contribution in [0.4, 0.5) is 11.4 Å². The van der Waals surface area contributed by atoms with Crippen LogP contribution in [-0.4, -0.2) is 11.5 Å². The summed E-state index contributed by atoms with van der Waals surface area (Å²) >= 11 is 0. The Morgan fingerprint density at radius 2 is 1.90 bits per heavy atom. The molecule has 0 aliphatic carbocycles. The summed E-state index contributed by atoms with van der Waals surface area (Å²) in [5, 5.41) is 14.1. The molecule has 0 aliphatic rings. The molecule has 0 saturated heterocycles. The van der Waals surface area contributed by atoms with Gasteiger partial charge in [-0.05, 0) is 30.4 Å². The van der Waals surface area contributed by atoms with Gasteiger partial charge >= 0.3 is 0 Å². The van der Waals surface area contributed by atoms with Crippen molar-refractivity contribution in [1.29, 1.82) is 0 Å². The summed E-state index contributed by atoms with van der Waals surface area (Å²) in [7, 11) is 0. The Bertz CT molecular complexity index is 611. The van der Waals surface area contributed by atoms with E-state index in [2.05, 4.69) is 24.4 Å². The van der Waals surface area contributed by atoms with Crippen LogP contribution in [0.25, 0.3) is 0 Å². The quantitative estimate of drug-likeness (QED) is 0.627. The van der Waals surface area contributed by atoms with Crippen LogP contribution >= 0.6 is 0 Å². The zero-order chi connectivity index (χ0) is 15.2. The second-order valence-electron chi connectivity index (χ2n) is 5.28. The van der Waals surface area contributed by atoms with Gasteiger partial charge in [0.15, 0.2) is 0 Å². The lowest BCUT2D eigenvalue weighted by Gasteiger charge is -2.14. The van der Waals surface area contributed by atoms with E-state index in [0.29, 0.717) is 5.92 Å². The van der Waals surface area contributed by atoms with E-state index in [4.69, 9.17) is 0 Å². The molecule has 4 heteroatoms. The zero-order valence-corrected chi connectivity index (χ0v) is 12.4. The van der Waals surface area contributed by atoms with Gasteiger partial charge in [-0.25, -0.2) is 0 Å².